The van der Waals surface area contributed by atoms with Crippen LogP contribution in [-0.2, 0) is 4.79 Å². The van der Waals surface area contributed by atoms with E-state index < -0.39 is 11.3 Å². The van der Waals surface area contributed by atoms with Crippen molar-refractivity contribution in [1.82, 2.24) is 0 Å². The van der Waals surface area contributed by atoms with Gasteiger partial charge in [0, 0.05) is 11.3 Å². The predicted molar refractivity (Wildman–Crippen MR) is 91.9 cm³/mol. The summed E-state index contributed by atoms with van der Waals surface area (Å²) < 4.78 is 0. The second-order valence-electron chi connectivity index (χ2n) is 9.02. The quantitative estimate of drug-likeness (QED) is 0.833. The summed E-state index contributed by atoms with van der Waals surface area (Å²) >= 11 is 0. The Hall–Kier alpha value is -2.13. The Kier molecular flexibility index (Phi) is 3.00. The number of carbonyl (C=O) groups excluding carboxylic acids is 1. The number of nitrogens with zero attached hydrogens (tertiary/aromatic N) is 2. The molecule has 1 aromatic rings. The van der Waals surface area contributed by atoms with Gasteiger partial charge in [-0.1, -0.05) is 30.3 Å². The van der Waals surface area contributed by atoms with Crippen molar-refractivity contribution < 1.29 is 4.79 Å². The topological polar surface area (TPSA) is 64.7 Å². The molecule has 5 aliphatic carbocycles. The van der Waals surface area contributed by atoms with Crippen LogP contribution in [0.5, 0.6) is 0 Å². The van der Waals surface area contributed by atoms with Crippen LogP contribution < -0.4 is 0 Å². The minimum Gasteiger partial charge on any atom is -0.299 e. The zero-order valence-corrected chi connectivity index (χ0v) is 14.3. The van der Waals surface area contributed by atoms with Gasteiger partial charge in [-0.05, 0) is 61.8 Å². The molecule has 3 nitrogen and oxygen atoms in total. The average Bonchev–Trinajstić information content (AvgIpc) is 3.30. The van der Waals surface area contributed by atoms with E-state index in [1.54, 1.807) is 0 Å². The Morgan fingerprint density at radius 3 is 1.92 bits per heavy atom. The number of ketones is 1. The van der Waals surface area contributed by atoms with Crippen molar-refractivity contribution in [1.29, 1.82) is 10.5 Å². The lowest BCUT2D eigenvalue weighted by molar-refractivity contribution is -0.145. The van der Waals surface area contributed by atoms with Gasteiger partial charge < -0.3 is 0 Å². The first kappa shape index (κ1) is 15.2. The molecule has 0 N–H and O–H groups in total. The second kappa shape index (κ2) is 4.95. The van der Waals surface area contributed by atoms with Crippen LogP contribution in [0.4, 0.5) is 0 Å². The molecule has 0 heterocycles. The number of hydrogen-bond donors (Lipinski definition) is 0. The molecule has 0 radical (unpaired) electrons. The lowest BCUT2D eigenvalue weighted by Gasteiger charge is -2.56. The molecule has 6 rings (SSSR count). The van der Waals surface area contributed by atoms with E-state index in [0.717, 1.165) is 24.8 Å². The number of rotatable bonds is 3. The molecule has 25 heavy (non-hydrogen) atoms. The SMILES string of the molecule is N#CC1(C#N)C(C(=O)C23CC4CC(CC(C4)C2)C3)C1c1ccccc1. The van der Waals surface area contributed by atoms with Gasteiger partial charge in [0.1, 0.15) is 5.78 Å². The normalized spacial score (nSPS) is 42.4. The highest BCUT2D eigenvalue weighted by molar-refractivity contribution is 5.94. The molecule has 5 fully saturated rings. The number of carbonyl (C=O) groups is 1. The summed E-state index contributed by atoms with van der Waals surface area (Å²) in [6.07, 6.45) is 6.89. The lowest BCUT2D eigenvalue weighted by Crippen LogP contribution is -2.50. The first-order valence-electron chi connectivity index (χ1n) is 9.53. The van der Waals surface area contributed by atoms with E-state index in [0.29, 0.717) is 17.8 Å². The van der Waals surface area contributed by atoms with Crippen molar-refractivity contribution in [2.45, 2.75) is 44.4 Å². The van der Waals surface area contributed by atoms with Gasteiger partial charge >= 0.3 is 0 Å². The summed E-state index contributed by atoms with van der Waals surface area (Å²) in [6, 6.07) is 14.2. The van der Waals surface area contributed by atoms with Crippen molar-refractivity contribution in [2.75, 3.05) is 0 Å². The molecule has 0 aliphatic heterocycles. The number of nitriles is 2. The summed E-state index contributed by atoms with van der Waals surface area (Å²) in [6.45, 7) is 0. The van der Waals surface area contributed by atoms with Gasteiger partial charge in [-0.15, -0.1) is 0 Å². The maximum Gasteiger partial charge on any atom is 0.161 e. The molecule has 0 saturated heterocycles. The predicted octanol–water partition coefficient (Wildman–Crippen LogP) is 4.22. The zero-order chi connectivity index (χ0) is 17.2. The number of hydrogen-bond acceptors (Lipinski definition) is 3. The van der Waals surface area contributed by atoms with Crippen LogP contribution in [0.1, 0.15) is 50.0 Å². The summed E-state index contributed by atoms with van der Waals surface area (Å²) in [5.74, 6) is 1.65. The third-order valence-electron chi connectivity index (χ3n) is 7.58. The highest BCUT2D eigenvalue weighted by Crippen LogP contribution is 2.70. The maximum atomic E-state index is 13.7. The molecular formula is C22H22N2O. The molecule has 3 heteroatoms. The number of Topliss-reactive ketones (excluding diaryl/α,β-unsaturated/α-hetero) is 1. The van der Waals surface area contributed by atoms with Gasteiger partial charge in [-0.2, -0.15) is 10.5 Å². The van der Waals surface area contributed by atoms with Crippen molar-refractivity contribution in [3.05, 3.63) is 35.9 Å². The Balaban J connectivity index is 1.51. The highest BCUT2D eigenvalue weighted by Gasteiger charge is 2.73. The van der Waals surface area contributed by atoms with E-state index in [4.69, 9.17) is 0 Å². The average molecular weight is 330 g/mol. The lowest BCUT2D eigenvalue weighted by atomic mass is 9.48. The molecule has 2 atom stereocenters. The Morgan fingerprint density at radius 1 is 0.920 bits per heavy atom. The molecule has 5 saturated carbocycles. The summed E-state index contributed by atoms with van der Waals surface area (Å²) in [5.41, 5.74) is -0.419. The number of benzene rings is 1. The maximum absolute atomic E-state index is 13.7. The molecule has 5 aliphatic rings. The fourth-order valence-electron chi connectivity index (χ4n) is 6.91. The van der Waals surface area contributed by atoms with E-state index in [2.05, 4.69) is 12.1 Å². The molecule has 1 aromatic carbocycles. The minimum absolute atomic E-state index is 0.234. The van der Waals surface area contributed by atoms with Crippen molar-refractivity contribution >= 4 is 5.78 Å². The first-order chi connectivity index (χ1) is 12.1. The van der Waals surface area contributed by atoms with E-state index in [-0.39, 0.29) is 17.1 Å². The summed E-state index contributed by atoms with van der Waals surface area (Å²) in [5, 5.41) is 19.5. The van der Waals surface area contributed by atoms with Crippen LogP contribution in [0.15, 0.2) is 30.3 Å². The van der Waals surface area contributed by atoms with Crippen molar-refractivity contribution in [3.63, 3.8) is 0 Å². The van der Waals surface area contributed by atoms with Gasteiger partial charge in [-0.3, -0.25) is 4.79 Å². The largest absolute Gasteiger partial charge is 0.299 e. The Morgan fingerprint density at radius 2 is 1.44 bits per heavy atom. The van der Waals surface area contributed by atoms with Crippen LogP contribution in [-0.4, -0.2) is 5.78 Å². The Labute approximate surface area is 148 Å². The van der Waals surface area contributed by atoms with Gasteiger partial charge in [0.15, 0.2) is 5.41 Å². The van der Waals surface area contributed by atoms with E-state index in [1.807, 2.05) is 30.3 Å². The van der Waals surface area contributed by atoms with Crippen molar-refractivity contribution in [2.24, 2.45) is 34.5 Å². The van der Waals surface area contributed by atoms with Gasteiger partial charge in [0.2, 0.25) is 0 Å². The minimum atomic E-state index is -1.15. The monoisotopic (exact) mass is 330 g/mol. The highest BCUT2D eigenvalue weighted by atomic mass is 16.1. The van der Waals surface area contributed by atoms with Crippen LogP contribution in [0, 0.1) is 57.2 Å². The third kappa shape index (κ3) is 1.93. The third-order valence-corrected chi connectivity index (χ3v) is 7.58. The molecule has 2 unspecified atom stereocenters. The fraction of sp³-hybridized carbons (Fsp3) is 0.591. The molecule has 4 bridgehead atoms. The van der Waals surface area contributed by atoms with Crippen LogP contribution in [0.2, 0.25) is 0 Å². The van der Waals surface area contributed by atoms with E-state index in [9.17, 15) is 15.3 Å². The van der Waals surface area contributed by atoms with Crippen LogP contribution >= 0.6 is 0 Å². The van der Waals surface area contributed by atoms with Crippen LogP contribution in [0.25, 0.3) is 0 Å². The first-order valence-corrected chi connectivity index (χ1v) is 9.53. The summed E-state index contributed by atoms with van der Waals surface area (Å²) in [7, 11) is 0. The smallest absolute Gasteiger partial charge is 0.161 e. The fourth-order valence-corrected chi connectivity index (χ4v) is 6.91. The van der Waals surface area contributed by atoms with E-state index >= 15 is 0 Å². The molecule has 0 aromatic heterocycles. The molecule has 0 spiro atoms. The van der Waals surface area contributed by atoms with Gasteiger partial charge in [-0.25, -0.2) is 0 Å². The van der Waals surface area contributed by atoms with Gasteiger partial charge in [0.05, 0.1) is 18.1 Å². The molecular weight excluding hydrogens is 308 g/mol. The summed E-state index contributed by atoms with van der Waals surface area (Å²) in [4.78, 5) is 13.7. The standard InChI is InChI=1S/C22H22N2O/c23-12-22(13-24)18(17-4-2-1-3-5-17)19(22)20(25)21-9-14-6-15(10-21)8-16(7-14)11-21/h1-5,14-16,18-19H,6-11H2. The molecule has 0 amide bonds. The zero-order valence-electron chi connectivity index (χ0n) is 14.3. The molecule has 126 valence electrons. The van der Waals surface area contributed by atoms with Crippen LogP contribution in [0.3, 0.4) is 0 Å². The van der Waals surface area contributed by atoms with Gasteiger partial charge in [0.25, 0.3) is 0 Å². The Bertz CT molecular complexity index is 763. The van der Waals surface area contributed by atoms with E-state index in [1.165, 1.54) is 19.3 Å². The second-order valence-corrected chi connectivity index (χ2v) is 9.02. The van der Waals surface area contributed by atoms with Crippen molar-refractivity contribution in [3.8, 4) is 12.1 Å².